The summed E-state index contributed by atoms with van der Waals surface area (Å²) in [5.41, 5.74) is 0. The van der Waals surface area contributed by atoms with Gasteiger partial charge in [0, 0.05) is 18.0 Å². The highest BCUT2D eigenvalue weighted by Gasteiger charge is 2.20. The molecule has 0 bridgehead atoms. The Labute approximate surface area is 93.1 Å². The summed E-state index contributed by atoms with van der Waals surface area (Å²) in [4.78, 5) is 6.54. The molecule has 1 saturated heterocycles. The van der Waals surface area contributed by atoms with E-state index in [0.29, 0.717) is 11.2 Å². The van der Waals surface area contributed by atoms with Gasteiger partial charge in [-0.3, -0.25) is 0 Å². The van der Waals surface area contributed by atoms with Crippen molar-refractivity contribution < 1.29 is 0 Å². The number of nitrogens with one attached hydrogen (secondary N) is 1. The third kappa shape index (κ3) is 2.38. The fraction of sp³-hybridized carbons (Fsp3) is 0.667. The highest BCUT2D eigenvalue weighted by atomic mass is 35.5. The predicted molar refractivity (Wildman–Crippen MR) is 61.3 cm³/mol. The number of hydrogen-bond acceptors (Lipinski definition) is 4. The largest absolute Gasteiger partial charge is 0.360 e. The van der Waals surface area contributed by atoms with E-state index in [0.717, 1.165) is 11.7 Å². The number of thiazole rings is 1. The smallest absolute Gasteiger partial charge is 0.184 e. The molecule has 1 fully saturated rings. The normalized spacial score (nSPS) is 22.9. The summed E-state index contributed by atoms with van der Waals surface area (Å²) in [7, 11) is 2.17. The van der Waals surface area contributed by atoms with Gasteiger partial charge in [0.1, 0.15) is 5.15 Å². The van der Waals surface area contributed by atoms with E-state index in [2.05, 4.69) is 22.2 Å². The van der Waals surface area contributed by atoms with Crippen molar-refractivity contribution in [1.29, 1.82) is 0 Å². The number of halogens is 1. The third-order valence-electron chi connectivity index (χ3n) is 2.64. The minimum Gasteiger partial charge on any atom is -0.360 e. The van der Waals surface area contributed by atoms with Crippen molar-refractivity contribution >= 4 is 28.1 Å². The monoisotopic (exact) mass is 231 g/mol. The lowest BCUT2D eigenvalue weighted by molar-refractivity contribution is 0.322. The molecule has 0 radical (unpaired) electrons. The molecular weight excluding hydrogens is 218 g/mol. The van der Waals surface area contributed by atoms with Crippen LogP contribution in [-0.2, 0) is 0 Å². The minimum absolute atomic E-state index is 0.581. The van der Waals surface area contributed by atoms with Gasteiger partial charge in [-0.1, -0.05) is 11.6 Å². The Kier molecular flexibility index (Phi) is 3.26. The first-order chi connectivity index (χ1) is 6.75. The van der Waals surface area contributed by atoms with Crippen LogP contribution in [-0.4, -0.2) is 36.1 Å². The maximum atomic E-state index is 5.73. The van der Waals surface area contributed by atoms with E-state index in [-0.39, 0.29) is 0 Å². The molecule has 2 rings (SSSR count). The van der Waals surface area contributed by atoms with Gasteiger partial charge in [0.2, 0.25) is 0 Å². The van der Waals surface area contributed by atoms with Crippen LogP contribution in [0.4, 0.5) is 5.13 Å². The summed E-state index contributed by atoms with van der Waals surface area (Å²) in [6.07, 6.45) is 2.59. The number of nitrogens with zero attached hydrogens (tertiary/aromatic N) is 2. The highest BCUT2D eigenvalue weighted by Crippen LogP contribution is 2.20. The second-order valence-corrected chi connectivity index (χ2v) is 4.88. The van der Waals surface area contributed by atoms with Crippen LogP contribution in [0, 0.1) is 0 Å². The Morgan fingerprint density at radius 2 is 2.64 bits per heavy atom. The average molecular weight is 232 g/mol. The Balaban J connectivity index is 1.82. The third-order valence-corrected chi connectivity index (χ3v) is 3.76. The summed E-state index contributed by atoms with van der Waals surface area (Å²) in [5.74, 6) is 0. The molecular formula is C9H14ClN3S. The van der Waals surface area contributed by atoms with Gasteiger partial charge in [-0.2, -0.15) is 0 Å². The molecule has 0 saturated carbocycles. The van der Waals surface area contributed by atoms with E-state index >= 15 is 0 Å². The Bertz CT molecular complexity index is 302. The number of likely N-dealkylation sites (tertiary alicyclic amines) is 1. The number of anilines is 1. The molecule has 5 heteroatoms. The van der Waals surface area contributed by atoms with Crippen LogP contribution in [0.2, 0.25) is 5.15 Å². The van der Waals surface area contributed by atoms with Crippen molar-refractivity contribution in [2.24, 2.45) is 0 Å². The molecule has 0 aliphatic carbocycles. The summed E-state index contributed by atoms with van der Waals surface area (Å²) in [5, 5.41) is 6.68. The van der Waals surface area contributed by atoms with Crippen LogP contribution in [0.25, 0.3) is 0 Å². The van der Waals surface area contributed by atoms with Gasteiger partial charge in [-0.05, 0) is 26.4 Å². The first kappa shape index (κ1) is 10.2. The zero-order valence-corrected chi connectivity index (χ0v) is 9.74. The topological polar surface area (TPSA) is 28.2 Å². The molecule has 1 N–H and O–H groups in total. The van der Waals surface area contributed by atoms with Gasteiger partial charge in [0.05, 0.1) is 0 Å². The number of aromatic nitrogens is 1. The Morgan fingerprint density at radius 3 is 3.21 bits per heavy atom. The lowest BCUT2D eigenvalue weighted by Crippen LogP contribution is -2.31. The van der Waals surface area contributed by atoms with Crippen molar-refractivity contribution in [3.8, 4) is 0 Å². The van der Waals surface area contributed by atoms with Crippen molar-refractivity contribution in [1.82, 2.24) is 9.88 Å². The van der Waals surface area contributed by atoms with Crippen molar-refractivity contribution in [2.45, 2.75) is 18.9 Å². The van der Waals surface area contributed by atoms with E-state index in [1.807, 2.05) is 5.38 Å². The zero-order valence-electron chi connectivity index (χ0n) is 8.16. The van der Waals surface area contributed by atoms with Crippen LogP contribution in [0.3, 0.4) is 0 Å². The second kappa shape index (κ2) is 4.47. The van der Waals surface area contributed by atoms with E-state index in [4.69, 9.17) is 11.6 Å². The van der Waals surface area contributed by atoms with E-state index < -0.39 is 0 Å². The zero-order chi connectivity index (χ0) is 9.97. The van der Waals surface area contributed by atoms with Crippen molar-refractivity contribution in [2.75, 3.05) is 25.5 Å². The molecule has 78 valence electrons. The molecule has 14 heavy (non-hydrogen) atoms. The molecule has 3 nitrogen and oxygen atoms in total. The lowest BCUT2D eigenvalue weighted by atomic mass is 10.2. The van der Waals surface area contributed by atoms with E-state index in [1.165, 1.54) is 19.4 Å². The van der Waals surface area contributed by atoms with Gasteiger partial charge in [0.15, 0.2) is 5.13 Å². The van der Waals surface area contributed by atoms with Gasteiger partial charge >= 0.3 is 0 Å². The molecule has 1 unspecified atom stereocenters. The first-order valence-electron chi connectivity index (χ1n) is 4.81. The molecule has 1 atom stereocenters. The van der Waals surface area contributed by atoms with Crippen LogP contribution in [0.15, 0.2) is 5.38 Å². The lowest BCUT2D eigenvalue weighted by Gasteiger charge is -2.19. The van der Waals surface area contributed by atoms with Gasteiger partial charge in [0.25, 0.3) is 0 Å². The van der Waals surface area contributed by atoms with Gasteiger partial charge in [-0.15, -0.1) is 11.3 Å². The maximum absolute atomic E-state index is 5.73. The molecule has 2 heterocycles. The van der Waals surface area contributed by atoms with Crippen LogP contribution < -0.4 is 5.32 Å². The van der Waals surface area contributed by atoms with E-state index in [9.17, 15) is 0 Å². The quantitative estimate of drug-likeness (QED) is 0.866. The average Bonchev–Trinajstić information content (AvgIpc) is 2.72. The summed E-state index contributed by atoms with van der Waals surface area (Å²) >= 11 is 7.29. The molecule has 1 aromatic heterocycles. The van der Waals surface area contributed by atoms with E-state index in [1.54, 1.807) is 11.3 Å². The molecule has 0 spiro atoms. The van der Waals surface area contributed by atoms with Gasteiger partial charge in [-0.25, -0.2) is 4.98 Å². The number of likely N-dealkylation sites (N-methyl/N-ethyl adjacent to an activating group) is 1. The first-order valence-corrected chi connectivity index (χ1v) is 6.06. The molecule has 1 aromatic rings. The summed E-state index contributed by atoms with van der Waals surface area (Å²) < 4.78 is 0. The number of rotatable bonds is 3. The SMILES string of the molecule is CN1CCCC1CNc1nc(Cl)cs1. The van der Waals surface area contributed by atoms with Crippen molar-refractivity contribution in [3.63, 3.8) is 0 Å². The highest BCUT2D eigenvalue weighted by molar-refractivity contribution is 7.14. The molecule has 0 aromatic carbocycles. The molecule has 0 amide bonds. The molecule has 1 aliphatic rings. The standard InChI is InChI=1S/C9H14ClN3S/c1-13-4-2-3-7(13)5-11-9-12-8(10)6-14-9/h6-7H,2-5H2,1H3,(H,11,12). The molecule has 1 aliphatic heterocycles. The minimum atomic E-state index is 0.581. The Hall–Kier alpha value is -0.320. The van der Waals surface area contributed by atoms with Crippen LogP contribution in [0.1, 0.15) is 12.8 Å². The second-order valence-electron chi connectivity index (χ2n) is 3.63. The van der Waals surface area contributed by atoms with Gasteiger partial charge < -0.3 is 10.2 Å². The summed E-state index contributed by atoms with van der Waals surface area (Å²) in [6.45, 7) is 2.19. The fourth-order valence-corrected chi connectivity index (χ4v) is 2.63. The maximum Gasteiger partial charge on any atom is 0.184 e. The van der Waals surface area contributed by atoms with Crippen molar-refractivity contribution in [3.05, 3.63) is 10.5 Å². The predicted octanol–water partition coefficient (Wildman–Crippen LogP) is 2.30. The summed E-state index contributed by atoms with van der Waals surface area (Å²) in [6, 6.07) is 0.651. The van der Waals surface area contributed by atoms with Crippen LogP contribution >= 0.6 is 22.9 Å². The number of hydrogen-bond donors (Lipinski definition) is 1. The fourth-order valence-electron chi connectivity index (χ4n) is 1.78. The van der Waals surface area contributed by atoms with Crippen LogP contribution in [0.5, 0.6) is 0 Å². The Morgan fingerprint density at radius 1 is 1.79 bits per heavy atom.